The first-order valence-electron chi connectivity index (χ1n) is 5.51. The van der Waals surface area contributed by atoms with Crippen LogP contribution in [0.4, 0.5) is 0 Å². The van der Waals surface area contributed by atoms with Gasteiger partial charge in [-0.1, -0.05) is 45.1 Å². The summed E-state index contributed by atoms with van der Waals surface area (Å²) in [6, 6.07) is 0. The summed E-state index contributed by atoms with van der Waals surface area (Å²) in [7, 11) is 0. The average molecular weight is 217 g/mol. The van der Waals surface area contributed by atoms with Crippen molar-refractivity contribution in [1.82, 2.24) is 0 Å². The number of hydrogen-bond donors (Lipinski definition) is 0. The Bertz CT molecular complexity index is 166. The fraction of sp³-hybridized carbons (Fsp3) is 0.750. The molecule has 0 amide bonds. The Morgan fingerprint density at radius 3 is 2.43 bits per heavy atom. The lowest BCUT2D eigenvalue weighted by atomic mass is 10.1. The van der Waals surface area contributed by atoms with E-state index in [2.05, 4.69) is 13.5 Å². The normalized spacial score (nSPS) is 12.4. The van der Waals surface area contributed by atoms with Gasteiger partial charge in [-0.2, -0.15) is 0 Å². The van der Waals surface area contributed by atoms with Gasteiger partial charge in [-0.15, -0.1) is 18.2 Å². The second-order valence-electron chi connectivity index (χ2n) is 3.62. The number of halogens is 1. The lowest BCUT2D eigenvalue weighted by molar-refractivity contribution is -0.118. The van der Waals surface area contributed by atoms with Crippen LogP contribution in [-0.4, -0.2) is 11.2 Å². The highest BCUT2D eigenvalue weighted by Gasteiger charge is 2.09. The molecule has 1 nitrogen and oxygen atoms in total. The standard InChI is InChI=1S/C12H21ClO/c1-3-5-6-7-8-9-10-12(14)11(13)4-2/h4,11H,2-3,5-10H2,1H3. The molecular weight excluding hydrogens is 196 g/mol. The maximum atomic E-state index is 11.3. The van der Waals surface area contributed by atoms with Crippen molar-refractivity contribution in [2.24, 2.45) is 0 Å². The van der Waals surface area contributed by atoms with Crippen LogP contribution < -0.4 is 0 Å². The lowest BCUT2D eigenvalue weighted by Gasteiger charge is -2.02. The molecule has 0 heterocycles. The molecular formula is C12H21ClO. The average Bonchev–Trinajstić information content (AvgIpc) is 2.21. The van der Waals surface area contributed by atoms with Gasteiger partial charge in [0.1, 0.15) is 5.38 Å². The number of Topliss-reactive ketones (excluding diaryl/α,β-unsaturated/α-hetero) is 1. The Labute approximate surface area is 92.5 Å². The minimum atomic E-state index is -0.481. The van der Waals surface area contributed by atoms with Crippen molar-refractivity contribution in [3.63, 3.8) is 0 Å². The molecule has 0 fully saturated rings. The molecule has 0 saturated heterocycles. The minimum absolute atomic E-state index is 0.108. The number of ketones is 1. The van der Waals surface area contributed by atoms with Crippen molar-refractivity contribution in [1.29, 1.82) is 0 Å². The van der Waals surface area contributed by atoms with Crippen LogP contribution in [-0.2, 0) is 4.79 Å². The second-order valence-corrected chi connectivity index (χ2v) is 4.09. The molecule has 0 spiro atoms. The van der Waals surface area contributed by atoms with Gasteiger partial charge in [0.15, 0.2) is 5.78 Å². The van der Waals surface area contributed by atoms with Gasteiger partial charge in [0.2, 0.25) is 0 Å². The van der Waals surface area contributed by atoms with Gasteiger partial charge in [-0.3, -0.25) is 4.79 Å². The molecule has 82 valence electrons. The lowest BCUT2D eigenvalue weighted by Crippen LogP contribution is -2.10. The SMILES string of the molecule is C=CC(Cl)C(=O)CCCCCCCC. The molecule has 0 rings (SSSR count). The van der Waals surface area contributed by atoms with Gasteiger partial charge in [0.05, 0.1) is 0 Å². The smallest absolute Gasteiger partial charge is 0.154 e. The molecule has 0 bridgehead atoms. The summed E-state index contributed by atoms with van der Waals surface area (Å²) in [6.07, 6.45) is 9.32. The molecule has 0 aromatic heterocycles. The number of alkyl halides is 1. The van der Waals surface area contributed by atoms with E-state index in [1.807, 2.05) is 0 Å². The van der Waals surface area contributed by atoms with Gasteiger partial charge < -0.3 is 0 Å². The molecule has 1 atom stereocenters. The largest absolute Gasteiger partial charge is 0.298 e. The van der Waals surface area contributed by atoms with Crippen molar-refractivity contribution < 1.29 is 4.79 Å². The molecule has 0 radical (unpaired) electrons. The fourth-order valence-electron chi connectivity index (χ4n) is 1.35. The van der Waals surface area contributed by atoms with E-state index in [1.165, 1.54) is 31.8 Å². The molecule has 1 unspecified atom stereocenters. The van der Waals surface area contributed by atoms with Crippen molar-refractivity contribution in [2.45, 2.75) is 57.2 Å². The molecule has 0 aliphatic carbocycles. The summed E-state index contributed by atoms with van der Waals surface area (Å²) in [4.78, 5) is 11.3. The summed E-state index contributed by atoms with van der Waals surface area (Å²) in [5, 5.41) is -0.481. The Kier molecular flexibility index (Phi) is 9.06. The molecule has 0 aliphatic rings. The van der Waals surface area contributed by atoms with Gasteiger partial charge in [0, 0.05) is 6.42 Å². The molecule has 2 heteroatoms. The first-order valence-corrected chi connectivity index (χ1v) is 5.95. The molecule has 0 aliphatic heterocycles. The summed E-state index contributed by atoms with van der Waals surface area (Å²) in [6.45, 7) is 5.70. The number of allylic oxidation sites excluding steroid dienone is 1. The van der Waals surface area contributed by atoms with E-state index in [0.717, 1.165) is 12.8 Å². The van der Waals surface area contributed by atoms with E-state index in [0.29, 0.717) is 6.42 Å². The van der Waals surface area contributed by atoms with Crippen LogP contribution in [0.3, 0.4) is 0 Å². The van der Waals surface area contributed by atoms with E-state index in [9.17, 15) is 4.79 Å². The first kappa shape index (κ1) is 13.7. The Hall–Kier alpha value is -0.300. The Morgan fingerprint density at radius 2 is 1.86 bits per heavy atom. The van der Waals surface area contributed by atoms with E-state index in [4.69, 9.17) is 11.6 Å². The monoisotopic (exact) mass is 216 g/mol. The first-order chi connectivity index (χ1) is 6.72. The quantitative estimate of drug-likeness (QED) is 0.322. The van der Waals surface area contributed by atoms with Crippen molar-refractivity contribution in [2.75, 3.05) is 0 Å². The summed E-state index contributed by atoms with van der Waals surface area (Å²) >= 11 is 5.71. The third kappa shape index (κ3) is 7.14. The predicted molar refractivity (Wildman–Crippen MR) is 62.8 cm³/mol. The van der Waals surface area contributed by atoms with Crippen LogP contribution in [0, 0.1) is 0 Å². The highest BCUT2D eigenvalue weighted by molar-refractivity contribution is 6.32. The van der Waals surface area contributed by atoms with Gasteiger partial charge >= 0.3 is 0 Å². The van der Waals surface area contributed by atoms with Crippen LogP contribution >= 0.6 is 11.6 Å². The second kappa shape index (κ2) is 9.26. The van der Waals surface area contributed by atoms with Crippen molar-refractivity contribution in [3.05, 3.63) is 12.7 Å². The van der Waals surface area contributed by atoms with Crippen LogP contribution in [0.25, 0.3) is 0 Å². The van der Waals surface area contributed by atoms with Crippen LogP contribution in [0.2, 0.25) is 0 Å². The highest BCUT2D eigenvalue weighted by atomic mass is 35.5. The predicted octanol–water partition coefficient (Wildman–Crippen LogP) is 4.10. The van der Waals surface area contributed by atoms with E-state index in [1.54, 1.807) is 0 Å². The van der Waals surface area contributed by atoms with Crippen LogP contribution in [0.1, 0.15) is 51.9 Å². The summed E-state index contributed by atoms with van der Waals surface area (Å²) < 4.78 is 0. The van der Waals surface area contributed by atoms with Gasteiger partial charge in [0.25, 0.3) is 0 Å². The van der Waals surface area contributed by atoms with Gasteiger partial charge in [-0.25, -0.2) is 0 Å². The number of hydrogen-bond acceptors (Lipinski definition) is 1. The molecule has 14 heavy (non-hydrogen) atoms. The van der Waals surface area contributed by atoms with Crippen LogP contribution in [0.15, 0.2) is 12.7 Å². The molecule has 0 saturated carbocycles. The van der Waals surface area contributed by atoms with Crippen molar-refractivity contribution in [3.8, 4) is 0 Å². The van der Waals surface area contributed by atoms with E-state index < -0.39 is 5.38 Å². The number of carbonyl (C=O) groups is 1. The third-order valence-electron chi connectivity index (χ3n) is 2.29. The Morgan fingerprint density at radius 1 is 1.29 bits per heavy atom. The zero-order valence-corrected chi connectivity index (χ0v) is 9.85. The van der Waals surface area contributed by atoms with E-state index >= 15 is 0 Å². The minimum Gasteiger partial charge on any atom is -0.298 e. The van der Waals surface area contributed by atoms with Gasteiger partial charge in [-0.05, 0) is 6.42 Å². The zero-order chi connectivity index (χ0) is 10.8. The maximum Gasteiger partial charge on any atom is 0.154 e. The Balaban J connectivity index is 3.27. The molecule has 0 aromatic carbocycles. The highest BCUT2D eigenvalue weighted by Crippen LogP contribution is 2.10. The third-order valence-corrected chi connectivity index (χ3v) is 2.71. The van der Waals surface area contributed by atoms with E-state index in [-0.39, 0.29) is 5.78 Å². The number of carbonyl (C=O) groups excluding carboxylic acids is 1. The van der Waals surface area contributed by atoms with Crippen LogP contribution in [0.5, 0.6) is 0 Å². The maximum absolute atomic E-state index is 11.3. The zero-order valence-electron chi connectivity index (χ0n) is 9.10. The fourth-order valence-corrected chi connectivity index (χ4v) is 1.46. The summed E-state index contributed by atoms with van der Waals surface area (Å²) in [5.74, 6) is 0.108. The van der Waals surface area contributed by atoms with Crippen molar-refractivity contribution >= 4 is 17.4 Å². The number of unbranched alkanes of at least 4 members (excludes halogenated alkanes) is 5. The number of rotatable bonds is 9. The molecule has 0 N–H and O–H groups in total. The summed E-state index contributed by atoms with van der Waals surface area (Å²) in [5.41, 5.74) is 0. The topological polar surface area (TPSA) is 17.1 Å². The molecule has 0 aromatic rings.